The van der Waals surface area contributed by atoms with Crippen molar-refractivity contribution in [3.8, 4) is 0 Å². The first-order chi connectivity index (χ1) is 8.20. The molecule has 0 unspecified atom stereocenters. The molecule has 0 saturated heterocycles. The van der Waals surface area contributed by atoms with Crippen LogP contribution in [0.4, 0.5) is 5.69 Å². The second kappa shape index (κ2) is 3.14. The van der Waals surface area contributed by atoms with Crippen molar-refractivity contribution in [2.24, 2.45) is 5.92 Å². The van der Waals surface area contributed by atoms with E-state index in [1.807, 2.05) is 4.90 Å². The number of fused-ring (bicyclic) bond motifs is 2. The summed E-state index contributed by atoms with van der Waals surface area (Å²) in [6.07, 6.45) is 4.67. The van der Waals surface area contributed by atoms with E-state index in [2.05, 4.69) is 34.1 Å². The van der Waals surface area contributed by atoms with Gasteiger partial charge in [0.1, 0.15) is 0 Å². The van der Waals surface area contributed by atoms with E-state index in [0.29, 0.717) is 17.2 Å². The molecule has 88 valence electrons. The van der Waals surface area contributed by atoms with E-state index in [0.717, 1.165) is 29.5 Å². The third kappa shape index (κ3) is 1.41. The van der Waals surface area contributed by atoms with Crippen LogP contribution in [-0.4, -0.2) is 12.5 Å². The van der Waals surface area contributed by atoms with Crippen LogP contribution in [-0.2, 0) is 10.2 Å². The van der Waals surface area contributed by atoms with Gasteiger partial charge < -0.3 is 4.90 Å². The topological polar surface area (TPSA) is 20.3 Å². The lowest BCUT2D eigenvalue weighted by atomic mass is 9.99. The molecule has 0 N–H and O–H groups in total. The zero-order chi connectivity index (χ0) is 11.6. The number of hydrogen-bond donors (Lipinski definition) is 0. The highest BCUT2D eigenvalue weighted by molar-refractivity contribution is 9.10. The Bertz CT molecular complexity index is 517. The molecule has 1 spiro atoms. The Hall–Kier alpha value is -0.830. The molecule has 17 heavy (non-hydrogen) atoms. The third-order valence-corrected chi connectivity index (χ3v) is 4.82. The Balaban J connectivity index is 1.80. The number of hydrogen-bond acceptors (Lipinski definition) is 1. The number of anilines is 1. The highest BCUT2D eigenvalue weighted by atomic mass is 79.9. The first kappa shape index (κ1) is 10.1. The van der Waals surface area contributed by atoms with E-state index in [4.69, 9.17) is 0 Å². The van der Waals surface area contributed by atoms with Crippen LogP contribution < -0.4 is 4.90 Å². The summed E-state index contributed by atoms with van der Waals surface area (Å²) in [6, 6.07) is 6.42. The predicted molar refractivity (Wildman–Crippen MR) is 70.1 cm³/mol. The molecule has 3 heteroatoms. The Morgan fingerprint density at radius 3 is 2.76 bits per heavy atom. The largest absolute Gasteiger partial charge is 0.311 e. The van der Waals surface area contributed by atoms with Gasteiger partial charge in [-0.05, 0) is 43.4 Å². The molecule has 2 fully saturated rings. The lowest BCUT2D eigenvalue weighted by Gasteiger charge is -2.17. The fourth-order valence-electron chi connectivity index (χ4n) is 2.98. The molecule has 1 aromatic rings. The minimum Gasteiger partial charge on any atom is -0.311 e. The molecule has 2 aliphatic carbocycles. The van der Waals surface area contributed by atoms with Crippen molar-refractivity contribution in [3.63, 3.8) is 0 Å². The summed E-state index contributed by atoms with van der Waals surface area (Å²) in [5.41, 5.74) is 2.88. The van der Waals surface area contributed by atoms with Crippen molar-refractivity contribution in [3.05, 3.63) is 28.2 Å². The first-order valence-electron chi connectivity index (χ1n) is 6.31. The highest BCUT2D eigenvalue weighted by Crippen LogP contribution is 2.57. The summed E-state index contributed by atoms with van der Waals surface area (Å²) in [4.78, 5) is 14.4. The number of halogens is 1. The molecular weight excluding hydrogens is 278 g/mol. The average molecular weight is 292 g/mol. The Morgan fingerprint density at radius 1 is 1.35 bits per heavy atom. The van der Waals surface area contributed by atoms with Crippen molar-refractivity contribution in [1.82, 2.24) is 0 Å². The van der Waals surface area contributed by atoms with Gasteiger partial charge in [0, 0.05) is 28.0 Å². The van der Waals surface area contributed by atoms with Gasteiger partial charge in [-0.3, -0.25) is 4.79 Å². The molecule has 3 aliphatic rings. The van der Waals surface area contributed by atoms with Crippen LogP contribution in [0.5, 0.6) is 0 Å². The number of nitrogens with zero attached hydrogens (tertiary/aromatic N) is 1. The standard InChI is InChI=1S/C14H14BrNO/c15-10-3-4-11-12(7-10)16(8-14(11)5-6-14)13(17)9-1-2-9/h3-4,7,9H,1-2,5-6,8H2. The second-order valence-corrected chi connectivity index (χ2v) is 6.56. The summed E-state index contributed by atoms with van der Waals surface area (Å²) in [6.45, 7) is 0.925. The van der Waals surface area contributed by atoms with Gasteiger partial charge in [-0.15, -0.1) is 0 Å². The summed E-state index contributed by atoms with van der Waals surface area (Å²) >= 11 is 3.51. The van der Waals surface area contributed by atoms with E-state index in [9.17, 15) is 4.79 Å². The maximum atomic E-state index is 12.3. The fourth-order valence-corrected chi connectivity index (χ4v) is 3.32. The van der Waals surface area contributed by atoms with Crippen LogP contribution >= 0.6 is 15.9 Å². The Labute approximate surface area is 109 Å². The molecule has 1 aliphatic heterocycles. The SMILES string of the molecule is O=C(C1CC1)N1CC2(CC2)c2ccc(Br)cc21. The lowest BCUT2D eigenvalue weighted by molar-refractivity contribution is -0.119. The smallest absolute Gasteiger partial charge is 0.230 e. The van der Waals surface area contributed by atoms with Gasteiger partial charge >= 0.3 is 0 Å². The van der Waals surface area contributed by atoms with Crippen molar-refractivity contribution >= 4 is 27.5 Å². The fraction of sp³-hybridized carbons (Fsp3) is 0.500. The van der Waals surface area contributed by atoms with Crippen molar-refractivity contribution in [1.29, 1.82) is 0 Å². The molecule has 2 saturated carbocycles. The van der Waals surface area contributed by atoms with Gasteiger partial charge in [0.25, 0.3) is 0 Å². The molecule has 0 aromatic heterocycles. The van der Waals surface area contributed by atoms with E-state index in [1.54, 1.807) is 0 Å². The summed E-state index contributed by atoms with van der Waals surface area (Å²) in [7, 11) is 0. The van der Waals surface area contributed by atoms with E-state index in [-0.39, 0.29) is 0 Å². The van der Waals surface area contributed by atoms with E-state index in [1.165, 1.54) is 18.4 Å². The highest BCUT2D eigenvalue weighted by Gasteiger charge is 2.54. The molecule has 1 amide bonds. The van der Waals surface area contributed by atoms with Crippen LogP contribution in [0, 0.1) is 5.92 Å². The van der Waals surface area contributed by atoms with E-state index >= 15 is 0 Å². The Morgan fingerprint density at radius 2 is 2.12 bits per heavy atom. The minimum absolute atomic E-state index is 0.315. The molecule has 0 atom stereocenters. The Kier molecular flexibility index (Phi) is 1.87. The quantitative estimate of drug-likeness (QED) is 0.778. The van der Waals surface area contributed by atoms with E-state index < -0.39 is 0 Å². The summed E-state index contributed by atoms with van der Waals surface area (Å²) in [5, 5.41) is 0. The number of benzene rings is 1. The molecular formula is C14H14BrNO. The summed E-state index contributed by atoms with van der Waals surface area (Å²) in [5.74, 6) is 0.670. The third-order valence-electron chi connectivity index (χ3n) is 4.33. The molecule has 1 aromatic carbocycles. The van der Waals surface area contributed by atoms with Gasteiger partial charge in [0.05, 0.1) is 0 Å². The molecule has 2 nitrogen and oxygen atoms in total. The van der Waals surface area contributed by atoms with Gasteiger partial charge in [0.15, 0.2) is 0 Å². The summed E-state index contributed by atoms with van der Waals surface area (Å²) < 4.78 is 1.07. The number of carbonyl (C=O) groups is 1. The monoisotopic (exact) mass is 291 g/mol. The van der Waals surface area contributed by atoms with Crippen LogP contribution in [0.3, 0.4) is 0 Å². The van der Waals surface area contributed by atoms with Crippen LogP contribution in [0.15, 0.2) is 22.7 Å². The van der Waals surface area contributed by atoms with Crippen LogP contribution in [0.25, 0.3) is 0 Å². The molecule has 0 radical (unpaired) electrons. The normalized spacial score (nSPS) is 23.9. The van der Waals surface area contributed by atoms with Gasteiger partial charge in [-0.2, -0.15) is 0 Å². The number of carbonyl (C=O) groups excluding carboxylic acids is 1. The number of rotatable bonds is 1. The van der Waals surface area contributed by atoms with Crippen molar-refractivity contribution < 1.29 is 4.79 Å². The van der Waals surface area contributed by atoms with Crippen LogP contribution in [0.1, 0.15) is 31.2 Å². The second-order valence-electron chi connectivity index (χ2n) is 5.64. The van der Waals surface area contributed by atoms with Crippen molar-refractivity contribution in [2.75, 3.05) is 11.4 Å². The molecule has 4 rings (SSSR count). The first-order valence-corrected chi connectivity index (χ1v) is 7.10. The van der Waals surface area contributed by atoms with Gasteiger partial charge in [-0.1, -0.05) is 22.0 Å². The average Bonchev–Trinajstić information content (AvgIpc) is 3.18. The van der Waals surface area contributed by atoms with Gasteiger partial charge in [0.2, 0.25) is 5.91 Å². The zero-order valence-corrected chi connectivity index (χ0v) is 11.2. The van der Waals surface area contributed by atoms with Crippen molar-refractivity contribution in [2.45, 2.75) is 31.1 Å². The minimum atomic E-state index is 0.315. The maximum Gasteiger partial charge on any atom is 0.230 e. The number of amides is 1. The predicted octanol–water partition coefficient (Wildman–Crippen LogP) is 3.24. The van der Waals surface area contributed by atoms with Crippen LogP contribution in [0.2, 0.25) is 0 Å². The lowest BCUT2D eigenvalue weighted by Crippen LogP contribution is -2.32. The molecule has 1 heterocycles. The molecule has 0 bridgehead atoms. The zero-order valence-electron chi connectivity index (χ0n) is 9.58. The maximum absolute atomic E-state index is 12.3. The van der Waals surface area contributed by atoms with Gasteiger partial charge in [-0.25, -0.2) is 0 Å².